The van der Waals surface area contributed by atoms with Crippen LogP contribution in [0.15, 0.2) is 17.1 Å². The van der Waals surface area contributed by atoms with Gasteiger partial charge in [0.2, 0.25) is 0 Å². The standard InChI is InChI=1S/C12H23N3O.HI/c1-12(2,16-4)9-14-11(13-3)15-10-7-5-6-8-10;/h5-6,10H,7-9H2,1-4H3,(H2,13,14,15);1H. The van der Waals surface area contributed by atoms with E-state index in [1.54, 1.807) is 14.2 Å². The summed E-state index contributed by atoms with van der Waals surface area (Å²) in [5, 5.41) is 6.66. The van der Waals surface area contributed by atoms with Crippen LogP contribution in [0, 0.1) is 0 Å². The zero-order chi connectivity index (χ0) is 12.0. The number of guanidine groups is 1. The molecule has 0 aromatic heterocycles. The fourth-order valence-corrected chi connectivity index (χ4v) is 1.49. The third kappa shape index (κ3) is 6.26. The second-order valence-electron chi connectivity index (χ2n) is 4.67. The van der Waals surface area contributed by atoms with Crippen LogP contribution in [0.1, 0.15) is 26.7 Å². The van der Waals surface area contributed by atoms with E-state index in [1.165, 1.54) is 0 Å². The predicted molar refractivity (Wildman–Crippen MR) is 83.2 cm³/mol. The van der Waals surface area contributed by atoms with E-state index >= 15 is 0 Å². The minimum Gasteiger partial charge on any atom is -0.377 e. The molecule has 2 N–H and O–H groups in total. The molecule has 0 atom stereocenters. The molecule has 0 amide bonds. The molecule has 0 spiro atoms. The minimum atomic E-state index is -0.175. The van der Waals surface area contributed by atoms with Gasteiger partial charge in [-0.25, -0.2) is 0 Å². The summed E-state index contributed by atoms with van der Waals surface area (Å²) >= 11 is 0. The van der Waals surface area contributed by atoms with Crippen LogP contribution < -0.4 is 10.6 Å². The monoisotopic (exact) mass is 353 g/mol. The number of hydrogen-bond acceptors (Lipinski definition) is 2. The van der Waals surface area contributed by atoms with Crippen LogP contribution >= 0.6 is 24.0 Å². The van der Waals surface area contributed by atoms with E-state index in [0.29, 0.717) is 6.04 Å². The Kier molecular flexibility index (Phi) is 7.78. The second kappa shape index (κ2) is 7.92. The van der Waals surface area contributed by atoms with E-state index in [4.69, 9.17) is 4.74 Å². The third-order valence-corrected chi connectivity index (χ3v) is 2.81. The van der Waals surface area contributed by atoms with Gasteiger partial charge in [-0.05, 0) is 26.7 Å². The van der Waals surface area contributed by atoms with Crippen molar-refractivity contribution in [2.45, 2.75) is 38.3 Å². The van der Waals surface area contributed by atoms with Crippen LogP contribution in [0.4, 0.5) is 0 Å². The average molecular weight is 353 g/mol. The lowest BCUT2D eigenvalue weighted by Gasteiger charge is -2.25. The number of nitrogens with one attached hydrogen (secondary N) is 2. The van der Waals surface area contributed by atoms with Crippen LogP contribution in [0.25, 0.3) is 0 Å². The lowest BCUT2D eigenvalue weighted by Crippen LogP contribution is -2.47. The Morgan fingerprint density at radius 3 is 2.47 bits per heavy atom. The van der Waals surface area contributed by atoms with Crippen molar-refractivity contribution in [1.82, 2.24) is 10.6 Å². The lowest BCUT2D eigenvalue weighted by atomic mass is 10.1. The number of methoxy groups -OCH3 is 1. The van der Waals surface area contributed by atoms with Gasteiger partial charge < -0.3 is 15.4 Å². The van der Waals surface area contributed by atoms with Gasteiger partial charge in [0.05, 0.1) is 5.60 Å². The molecule has 0 saturated carbocycles. The van der Waals surface area contributed by atoms with Crippen LogP contribution in [0.3, 0.4) is 0 Å². The summed E-state index contributed by atoms with van der Waals surface area (Å²) < 4.78 is 5.34. The van der Waals surface area contributed by atoms with Gasteiger partial charge in [-0.3, -0.25) is 4.99 Å². The number of halogens is 1. The molecule has 0 aromatic rings. The Morgan fingerprint density at radius 2 is 2.00 bits per heavy atom. The van der Waals surface area contributed by atoms with E-state index in [2.05, 4.69) is 27.8 Å². The lowest BCUT2D eigenvalue weighted by molar-refractivity contribution is 0.0268. The summed E-state index contributed by atoms with van der Waals surface area (Å²) in [6.07, 6.45) is 6.55. The highest BCUT2D eigenvalue weighted by atomic mass is 127. The summed E-state index contributed by atoms with van der Waals surface area (Å²) in [6, 6.07) is 0.483. The first-order valence-corrected chi connectivity index (χ1v) is 5.75. The molecule has 0 bridgehead atoms. The molecule has 0 unspecified atom stereocenters. The average Bonchev–Trinajstić information content (AvgIpc) is 2.77. The Bertz CT molecular complexity index is 269. The van der Waals surface area contributed by atoms with Crippen molar-refractivity contribution >= 4 is 29.9 Å². The fourth-order valence-electron chi connectivity index (χ4n) is 1.49. The van der Waals surface area contributed by atoms with Crippen molar-refractivity contribution in [2.24, 2.45) is 4.99 Å². The van der Waals surface area contributed by atoms with Crippen molar-refractivity contribution in [2.75, 3.05) is 20.7 Å². The highest BCUT2D eigenvalue weighted by molar-refractivity contribution is 14.0. The summed E-state index contributed by atoms with van der Waals surface area (Å²) in [5.74, 6) is 0.846. The first kappa shape index (κ1) is 16.7. The SMILES string of the molecule is CN=C(NCC(C)(C)OC)NC1CC=CC1.I. The summed E-state index contributed by atoms with van der Waals surface area (Å²) in [4.78, 5) is 4.20. The molecular formula is C12H24IN3O. The maximum absolute atomic E-state index is 5.34. The van der Waals surface area contributed by atoms with Gasteiger partial charge in [0.1, 0.15) is 0 Å². The molecule has 1 aliphatic carbocycles. The highest BCUT2D eigenvalue weighted by Gasteiger charge is 2.17. The maximum Gasteiger partial charge on any atom is 0.191 e. The zero-order valence-electron chi connectivity index (χ0n) is 11.1. The molecule has 0 aromatic carbocycles. The van der Waals surface area contributed by atoms with Crippen molar-refractivity contribution < 1.29 is 4.74 Å². The summed E-state index contributed by atoms with van der Waals surface area (Å²) in [6.45, 7) is 4.83. The highest BCUT2D eigenvalue weighted by Crippen LogP contribution is 2.09. The molecule has 0 heterocycles. The first-order chi connectivity index (χ1) is 7.57. The van der Waals surface area contributed by atoms with Gasteiger partial charge >= 0.3 is 0 Å². The van der Waals surface area contributed by atoms with Crippen molar-refractivity contribution in [1.29, 1.82) is 0 Å². The molecular weight excluding hydrogens is 329 g/mol. The van der Waals surface area contributed by atoms with Crippen LogP contribution in [-0.4, -0.2) is 38.3 Å². The van der Waals surface area contributed by atoms with Crippen molar-refractivity contribution in [3.05, 3.63) is 12.2 Å². The molecule has 0 saturated heterocycles. The molecule has 4 nitrogen and oxygen atoms in total. The van der Waals surface area contributed by atoms with Crippen LogP contribution in [0.5, 0.6) is 0 Å². The van der Waals surface area contributed by atoms with Crippen LogP contribution in [-0.2, 0) is 4.74 Å². The number of nitrogens with zero attached hydrogens (tertiary/aromatic N) is 1. The largest absolute Gasteiger partial charge is 0.377 e. The van der Waals surface area contributed by atoms with E-state index in [9.17, 15) is 0 Å². The molecule has 1 aliphatic rings. The molecule has 0 aliphatic heterocycles. The van der Waals surface area contributed by atoms with Gasteiger partial charge in [0.25, 0.3) is 0 Å². The molecule has 0 radical (unpaired) electrons. The zero-order valence-corrected chi connectivity index (χ0v) is 13.4. The Labute approximate surface area is 121 Å². The van der Waals surface area contributed by atoms with Gasteiger partial charge in [-0.2, -0.15) is 0 Å². The van der Waals surface area contributed by atoms with E-state index in [-0.39, 0.29) is 29.6 Å². The number of hydrogen-bond donors (Lipinski definition) is 2. The van der Waals surface area contributed by atoms with Crippen LogP contribution in [0.2, 0.25) is 0 Å². The van der Waals surface area contributed by atoms with Gasteiger partial charge in [0.15, 0.2) is 5.96 Å². The Morgan fingerprint density at radius 1 is 1.41 bits per heavy atom. The molecule has 1 rings (SSSR count). The maximum atomic E-state index is 5.34. The van der Waals surface area contributed by atoms with Gasteiger partial charge in [0, 0.05) is 26.7 Å². The Balaban J connectivity index is 0.00000256. The molecule has 17 heavy (non-hydrogen) atoms. The number of ether oxygens (including phenoxy) is 1. The third-order valence-electron chi connectivity index (χ3n) is 2.81. The molecule has 0 fully saturated rings. The Hall–Kier alpha value is -0.300. The molecule has 5 heteroatoms. The van der Waals surface area contributed by atoms with E-state index in [0.717, 1.165) is 25.3 Å². The topological polar surface area (TPSA) is 45.7 Å². The number of aliphatic imine (C=N–C) groups is 1. The first-order valence-electron chi connectivity index (χ1n) is 5.75. The van der Waals surface area contributed by atoms with E-state index < -0.39 is 0 Å². The van der Waals surface area contributed by atoms with Gasteiger partial charge in [-0.1, -0.05) is 12.2 Å². The van der Waals surface area contributed by atoms with Crippen molar-refractivity contribution in [3.8, 4) is 0 Å². The fraction of sp³-hybridized carbons (Fsp3) is 0.750. The van der Waals surface area contributed by atoms with Gasteiger partial charge in [-0.15, -0.1) is 24.0 Å². The smallest absolute Gasteiger partial charge is 0.191 e. The summed E-state index contributed by atoms with van der Waals surface area (Å²) in [5.41, 5.74) is -0.175. The number of rotatable bonds is 4. The quantitative estimate of drug-likeness (QED) is 0.351. The van der Waals surface area contributed by atoms with Crippen molar-refractivity contribution in [3.63, 3.8) is 0 Å². The predicted octanol–water partition coefficient (Wildman–Crippen LogP) is 1.91. The normalized spacial score (nSPS) is 16.8. The molecule has 100 valence electrons. The minimum absolute atomic E-state index is 0. The second-order valence-corrected chi connectivity index (χ2v) is 4.67. The van der Waals surface area contributed by atoms with E-state index in [1.807, 2.05) is 13.8 Å². The summed E-state index contributed by atoms with van der Waals surface area (Å²) in [7, 11) is 3.51.